The molecule has 2 aromatic carbocycles. The first-order valence-electron chi connectivity index (χ1n) is 8.90. The third kappa shape index (κ3) is 4.59. The summed E-state index contributed by atoms with van der Waals surface area (Å²) in [7, 11) is 0. The van der Waals surface area contributed by atoms with Gasteiger partial charge in [0.15, 0.2) is 11.4 Å². The second-order valence-electron chi connectivity index (χ2n) is 6.43. The van der Waals surface area contributed by atoms with E-state index in [4.69, 9.17) is 0 Å². The standard InChI is InChI=1S/C21H29NO/c1-3-5-16-22(17-6-4-2,18-19-12-8-7-9-13-19)20-14-10-11-15-21(20)23/h7-15H,3-6,16-18H2,1-2H3/p+1. The van der Waals surface area contributed by atoms with Crippen molar-refractivity contribution in [3.63, 3.8) is 0 Å². The highest BCUT2D eigenvalue weighted by Gasteiger charge is 2.32. The molecular formula is C21H30NO+. The molecule has 0 aliphatic rings. The molecule has 0 aliphatic carbocycles. The molecule has 23 heavy (non-hydrogen) atoms. The van der Waals surface area contributed by atoms with Gasteiger partial charge in [0, 0.05) is 11.6 Å². The molecule has 0 saturated carbocycles. The van der Waals surface area contributed by atoms with Crippen molar-refractivity contribution in [1.29, 1.82) is 0 Å². The van der Waals surface area contributed by atoms with Crippen molar-refractivity contribution in [2.45, 2.75) is 46.1 Å². The van der Waals surface area contributed by atoms with Crippen molar-refractivity contribution in [3.05, 3.63) is 60.2 Å². The molecule has 2 rings (SSSR count). The van der Waals surface area contributed by atoms with E-state index in [1.54, 1.807) is 0 Å². The number of quaternary nitrogens is 1. The first kappa shape index (κ1) is 17.6. The van der Waals surface area contributed by atoms with Gasteiger partial charge in [-0.3, -0.25) is 4.48 Å². The van der Waals surface area contributed by atoms with Crippen molar-refractivity contribution in [3.8, 4) is 5.75 Å². The van der Waals surface area contributed by atoms with Gasteiger partial charge in [0.1, 0.15) is 6.54 Å². The number of nitrogens with zero attached hydrogens (tertiary/aromatic N) is 1. The van der Waals surface area contributed by atoms with Gasteiger partial charge in [-0.1, -0.05) is 69.2 Å². The van der Waals surface area contributed by atoms with E-state index in [0.29, 0.717) is 5.75 Å². The largest absolute Gasteiger partial charge is 0.503 e. The maximum atomic E-state index is 10.5. The van der Waals surface area contributed by atoms with Crippen LogP contribution in [0.15, 0.2) is 54.6 Å². The van der Waals surface area contributed by atoms with Gasteiger partial charge in [-0.05, 0) is 18.9 Å². The van der Waals surface area contributed by atoms with Crippen LogP contribution in [0.2, 0.25) is 0 Å². The fourth-order valence-corrected chi connectivity index (χ4v) is 3.32. The number of para-hydroxylation sites is 2. The number of hydrogen-bond donors (Lipinski definition) is 1. The van der Waals surface area contributed by atoms with Crippen LogP contribution in [0.3, 0.4) is 0 Å². The Kier molecular flexibility index (Phi) is 6.66. The minimum atomic E-state index is 0.427. The molecule has 2 aromatic rings. The van der Waals surface area contributed by atoms with E-state index in [0.717, 1.165) is 29.8 Å². The molecule has 0 heterocycles. The van der Waals surface area contributed by atoms with Crippen LogP contribution in [0, 0.1) is 0 Å². The smallest absolute Gasteiger partial charge is 0.177 e. The Hall–Kier alpha value is -1.80. The Morgan fingerprint density at radius 3 is 1.91 bits per heavy atom. The average molecular weight is 312 g/mol. The zero-order chi connectivity index (χ0) is 16.5. The lowest BCUT2D eigenvalue weighted by atomic mass is 10.1. The Morgan fingerprint density at radius 2 is 1.35 bits per heavy atom. The molecule has 2 nitrogen and oxygen atoms in total. The lowest BCUT2D eigenvalue weighted by Gasteiger charge is -2.39. The summed E-state index contributed by atoms with van der Waals surface area (Å²) < 4.78 is 0.846. The van der Waals surface area contributed by atoms with E-state index in [1.807, 2.05) is 18.2 Å². The van der Waals surface area contributed by atoms with Gasteiger partial charge in [0.05, 0.1) is 13.1 Å². The fourth-order valence-electron chi connectivity index (χ4n) is 3.32. The molecule has 0 aliphatic heterocycles. The normalized spacial score (nSPS) is 11.6. The highest BCUT2D eigenvalue weighted by atomic mass is 16.3. The first-order chi connectivity index (χ1) is 11.2. The van der Waals surface area contributed by atoms with Crippen molar-refractivity contribution >= 4 is 5.69 Å². The van der Waals surface area contributed by atoms with Crippen LogP contribution in [0.4, 0.5) is 5.69 Å². The van der Waals surface area contributed by atoms with Crippen molar-refractivity contribution in [2.75, 3.05) is 13.1 Å². The molecular weight excluding hydrogens is 282 g/mol. The van der Waals surface area contributed by atoms with Crippen molar-refractivity contribution < 1.29 is 5.11 Å². The van der Waals surface area contributed by atoms with Crippen molar-refractivity contribution in [2.24, 2.45) is 0 Å². The number of phenolic OH excluding ortho intramolecular Hbond substituents is 1. The summed E-state index contributed by atoms with van der Waals surface area (Å²) in [5.74, 6) is 0.427. The molecule has 0 aromatic heterocycles. The topological polar surface area (TPSA) is 20.2 Å². The van der Waals surface area contributed by atoms with Gasteiger partial charge < -0.3 is 5.11 Å². The Morgan fingerprint density at radius 1 is 0.783 bits per heavy atom. The second kappa shape index (κ2) is 8.73. The van der Waals surface area contributed by atoms with Gasteiger partial charge in [0.25, 0.3) is 0 Å². The van der Waals surface area contributed by atoms with Crippen LogP contribution in [0.1, 0.15) is 45.1 Å². The molecule has 2 heteroatoms. The number of benzene rings is 2. The number of rotatable bonds is 9. The predicted molar refractivity (Wildman–Crippen MR) is 99.6 cm³/mol. The van der Waals surface area contributed by atoms with Gasteiger partial charge in [-0.2, -0.15) is 0 Å². The van der Waals surface area contributed by atoms with E-state index in [2.05, 4.69) is 50.2 Å². The van der Waals surface area contributed by atoms with Crippen LogP contribution in [-0.4, -0.2) is 18.2 Å². The average Bonchev–Trinajstić information content (AvgIpc) is 2.59. The molecule has 0 amide bonds. The fraction of sp³-hybridized carbons (Fsp3) is 0.429. The van der Waals surface area contributed by atoms with E-state index >= 15 is 0 Å². The molecule has 0 saturated heterocycles. The summed E-state index contributed by atoms with van der Waals surface area (Å²) in [5.41, 5.74) is 2.40. The number of hydrogen-bond acceptors (Lipinski definition) is 1. The number of unbranched alkanes of at least 4 members (excludes halogenated alkanes) is 2. The minimum Gasteiger partial charge on any atom is -0.503 e. The van der Waals surface area contributed by atoms with Crippen LogP contribution in [-0.2, 0) is 6.54 Å². The van der Waals surface area contributed by atoms with E-state index in [-0.39, 0.29) is 0 Å². The lowest BCUT2D eigenvalue weighted by molar-refractivity contribution is 0.248. The predicted octanol–water partition coefficient (Wildman–Crippen LogP) is 5.50. The zero-order valence-corrected chi connectivity index (χ0v) is 14.5. The number of aromatic hydroxyl groups is 1. The Bertz CT molecular complexity index is 571. The summed E-state index contributed by atoms with van der Waals surface area (Å²) in [6.45, 7) is 7.56. The van der Waals surface area contributed by atoms with E-state index in [9.17, 15) is 5.11 Å². The van der Waals surface area contributed by atoms with Gasteiger partial charge >= 0.3 is 0 Å². The second-order valence-corrected chi connectivity index (χ2v) is 6.43. The van der Waals surface area contributed by atoms with Crippen molar-refractivity contribution in [1.82, 2.24) is 4.48 Å². The number of phenols is 1. The summed E-state index contributed by atoms with van der Waals surface area (Å²) in [6.07, 6.45) is 4.69. The first-order valence-corrected chi connectivity index (χ1v) is 8.90. The summed E-state index contributed by atoms with van der Waals surface area (Å²) in [5, 5.41) is 10.5. The molecule has 1 N–H and O–H groups in total. The minimum absolute atomic E-state index is 0.427. The van der Waals surface area contributed by atoms with Crippen LogP contribution in [0.5, 0.6) is 5.75 Å². The third-order valence-electron chi connectivity index (χ3n) is 4.60. The monoisotopic (exact) mass is 312 g/mol. The lowest BCUT2D eigenvalue weighted by Crippen LogP contribution is -2.50. The molecule has 124 valence electrons. The molecule has 0 fully saturated rings. The van der Waals surface area contributed by atoms with E-state index < -0.39 is 0 Å². The maximum absolute atomic E-state index is 10.5. The summed E-state index contributed by atoms with van der Waals surface area (Å²) >= 11 is 0. The van der Waals surface area contributed by atoms with Crippen LogP contribution >= 0.6 is 0 Å². The maximum Gasteiger partial charge on any atom is 0.177 e. The van der Waals surface area contributed by atoms with Gasteiger partial charge in [-0.15, -0.1) is 0 Å². The van der Waals surface area contributed by atoms with Gasteiger partial charge in [-0.25, -0.2) is 0 Å². The SMILES string of the molecule is CCCC[N+](CCCC)(Cc1ccccc1)c1ccccc1O. The van der Waals surface area contributed by atoms with Crippen LogP contribution in [0.25, 0.3) is 0 Å². The van der Waals surface area contributed by atoms with Gasteiger partial charge in [0.2, 0.25) is 0 Å². The molecule has 0 unspecified atom stereocenters. The quantitative estimate of drug-likeness (QED) is 0.606. The third-order valence-corrected chi connectivity index (χ3v) is 4.60. The molecule has 0 radical (unpaired) electrons. The zero-order valence-electron chi connectivity index (χ0n) is 14.5. The van der Waals surface area contributed by atoms with E-state index in [1.165, 1.54) is 31.2 Å². The Balaban J connectivity index is 2.42. The highest BCUT2D eigenvalue weighted by Crippen LogP contribution is 2.35. The Labute approximate surface area is 141 Å². The summed E-state index contributed by atoms with van der Waals surface area (Å²) in [6, 6.07) is 18.6. The molecule has 0 bridgehead atoms. The molecule has 0 atom stereocenters. The van der Waals surface area contributed by atoms with Crippen LogP contribution < -0.4 is 4.48 Å². The summed E-state index contributed by atoms with van der Waals surface area (Å²) in [4.78, 5) is 0. The highest BCUT2D eigenvalue weighted by molar-refractivity contribution is 5.55. The molecule has 0 spiro atoms.